The lowest BCUT2D eigenvalue weighted by atomic mass is 9.92. The molecule has 4 aromatic rings. The van der Waals surface area contributed by atoms with Crippen LogP contribution in [-0.2, 0) is 42.3 Å². The number of sulfonamides is 1. The number of rotatable bonds is 7. The first-order valence-corrected chi connectivity index (χ1v) is 13.2. The maximum absolute atomic E-state index is 13.0. The Morgan fingerprint density at radius 3 is 2.58 bits per heavy atom. The van der Waals surface area contributed by atoms with Crippen LogP contribution in [-0.4, -0.2) is 18.0 Å². The topological polar surface area (TPSA) is 64.0 Å². The maximum Gasteiger partial charge on any atom is 0.261 e. The second kappa shape index (κ2) is 9.02. The second-order valence-electron chi connectivity index (χ2n) is 8.70. The van der Waals surface area contributed by atoms with Gasteiger partial charge in [0, 0.05) is 18.7 Å². The summed E-state index contributed by atoms with van der Waals surface area (Å²) in [7, 11) is -3.63. The molecule has 1 aromatic heterocycles. The Hall–Kier alpha value is -3.12. The number of nitrogens with one attached hydrogen (secondary N) is 1. The molecule has 5 nitrogen and oxygen atoms in total. The van der Waals surface area contributed by atoms with Gasteiger partial charge in [0.2, 0.25) is 0 Å². The van der Waals surface area contributed by atoms with Crippen LogP contribution in [0.1, 0.15) is 42.3 Å². The largest absolute Gasteiger partial charge is 0.328 e. The van der Waals surface area contributed by atoms with E-state index in [1.54, 1.807) is 12.1 Å². The highest BCUT2D eigenvalue weighted by Gasteiger charge is 2.18. The summed E-state index contributed by atoms with van der Waals surface area (Å²) in [4.78, 5) is 5.14. The summed E-state index contributed by atoms with van der Waals surface area (Å²) in [5, 5.41) is 0. The zero-order chi connectivity index (χ0) is 22.8. The summed E-state index contributed by atoms with van der Waals surface area (Å²) < 4.78 is 31.1. The normalized spacial score (nSPS) is 13.7. The number of benzene rings is 3. The quantitative estimate of drug-likeness (QED) is 0.396. The van der Waals surface area contributed by atoms with E-state index in [0.717, 1.165) is 66.6 Å². The van der Waals surface area contributed by atoms with Gasteiger partial charge in [0.05, 0.1) is 15.9 Å². The van der Waals surface area contributed by atoms with Crippen LogP contribution in [0.25, 0.3) is 11.0 Å². The fourth-order valence-corrected chi connectivity index (χ4v) is 5.91. The molecule has 0 amide bonds. The number of imidazole rings is 1. The van der Waals surface area contributed by atoms with Gasteiger partial charge >= 0.3 is 0 Å². The number of fused-ring (bicyclic) bond motifs is 2. The highest BCUT2D eigenvalue weighted by molar-refractivity contribution is 7.92. The Morgan fingerprint density at radius 2 is 1.73 bits per heavy atom. The van der Waals surface area contributed by atoms with Gasteiger partial charge in [-0.05, 0) is 92.1 Å². The Labute approximate surface area is 195 Å². The summed E-state index contributed by atoms with van der Waals surface area (Å²) in [5.41, 5.74) is 6.28. The van der Waals surface area contributed by atoms with Crippen molar-refractivity contribution in [2.24, 2.45) is 0 Å². The summed E-state index contributed by atoms with van der Waals surface area (Å²) in [5.74, 6) is 1.05. The van der Waals surface area contributed by atoms with E-state index in [4.69, 9.17) is 4.98 Å². The van der Waals surface area contributed by atoms with Crippen LogP contribution in [0.15, 0.2) is 71.6 Å². The summed E-state index contributed by atoms with van der Waals surface area (Å²) in [6.07, 6.45) is 5.88. The molecule has 33 heavy (non-hydrogen) atoms. The summed E-state index contributed by atoms with van der Waals surface area (Å²) in [6, 6.07) is 21.4. The number of nitrogens with zero attached hydrogens (tertiary/aromatic N) is 2. The van der Waals surface area contributed by atoms with Crippen molar-refractivity contribution in [1.82, 2.24) is 9.55 Å². The molecule has 0 radical (unpaired) electrons. The van der Waals surface area contributed by atoms with E-state index >= 15 is 0 Å². The van der Waals surface area contributed by atoms with E-state index in [-0.39, 0.29) is 0 Å². The van der Waals surface area contributed by atoms with Crippen molar-refractivity contribution in [3.63, 3.8) is 0 Å². The van der Waals surface area contributed by atoms with Gasteiger partial charge in [-0.1, -0.05) is 30.3 Å². The average Bonchev–Trinajstić information content (AvgIpc) is 3.20. The minimum atomic E-state index is -3.63. The molecule has 170 valence electrons. The van der Waals surface area contributed by atoms with Crippen LogP contribution in [0, 0.1) is 0 Å². The molecule has 0 aliphatic heterocycles. The third-order valence-electron chi connectivity index (χ3n) is 6.50. The predicted molar refractivity (Wildman–Crippen MR) is 133 cm³/mol. The van der Waals surface area contributed by atoms with Crippen molar-refractivity contribution in [1.29, 1.82) is 0 Å². The average molecular weight is 460 g/mol. The number of aryl methyl sites for hydroxylation is 5. The van der Waals surface area contributed by atoms with E-state index in [0.29, 0.717) is 10.6 Å². The Kier molecular flexibility index (Phi) is 5.94. The minimum Gasteiger partial charge on any atom is -0.328 e. The number of para-hydroxylation sites is 2. The highest BCUT2D eigenvalue weighted by atomic mass is 32.2. The van der Waals surface area contributed by atoms with Crippen molar-refractivity contribution in [3.05, 3.63) is 89.2 Å². The molecule has 5 rings (SSSR count). The number of hydrogen-bond acceptors (Lipinski definition) is 3. The third kappa shape index (κ3) is 4.53. The van der Waals surface area contributed by atoms with Crippen LogP contribution in [0.5, 0.6) is 0 Å². The standard InChI is InChI=1S/C27H29N3O2S/c1-2-30-26-13-6-5-12-25(26)28-27(30)17-14-20-8-7-11-23(18-20)29-33(31,32)24-16-15-21-9-3-4-10-22(21)19-24/h5-8,11-13,15-16,18-19,29H,2-4,9-10,14,17H2,1H3. The Morgan fingerprint density at radius 1 is 0.909 bits per heavy atom. The van der Waals surface area contributed by atoms with E-state index < -0.39 is 10.0 Å². The first kappa shape index (κ1) is 21.7. The van der Waals surface area contributed by atoms with Crippen molar-refractivity contribution >= 4 is 26.7 Å². The highest BCUT2D eigenvalue weighted by Crippen LogP contribution is 2.26. The van der Waals surface area contributed by atoms with Gasteiger partial charge in [-0.15, -0.1) is 0 Å². The summed E-state index contributed by atoms with van der Waals surface area (Å²) in [6.45, 7) is 3.00. The summed E-state index contributed by atoms with van der Waals surface area (Å²) >= 11 is 0. The lowest BCUT2D eigenvalue weighted by molar-refractivity contribution is 0.600. The SMILES string of the molecule is CCn1c(CCc2cccc(NS(=O)(=O)c3ccc4c(c3)CCCC4)c2)nc2ccccc21. The maximum atomic E-state index is 13.0. The van der Waals surface area contributed by atoms with Crippen molar-refractivity contribution in [2.45, 2.75) is 56.9 Å². The first-order chi connectivity index (χ1) is 16.0. The lowest BCUT2D eigenvalue weighted by Crippen LogP contribution is -2.14. The van der Waals surface area contributed by atoms with Crippen LogP contribution < -0.4 is 4.72 Å². The predicted octanol–water partition coefficient (Wildman–Crippen LogP) is 5.52. The van der Waals surface area contributed by atoms with Crippen LogP contribution in [0.2, 0.25) is 0 Å². The monoisotopic (exact) mass is 459 g/mol. The van der Waals surface area contributed by atoms with Crippen molar-refractivity contribution in [3.8, 4) is 0 Å². The van der Waals surface area contributed by atoms with E-state index in [2.05, 4.69) is 22.3 Å². The van der Waals surface area contributed by atoms with Gasteiger partial charge in [0.25, 0.3) is 10.0 Å². The number of aromatic nitrogens is 2. The van der Waals surface area contributed by atoms with Crippen molar-refractivity contribution in [2.75, 3.05) is 4.72 Å². The number of hydrogen-bond donors (Lipinski definition) is 1. The Balaban J connectivity index is 1.32. The molecule has 6 heteroatoms. The molecule has 3 aromatic carbocycles. The molecule has 0 bridgehead atoms. The molecule has 1 N–H and O–H groups in total. The molecular formula is C27H29N3O2S. The van der Waals surface area contributed by atoms with Gasteiger partial charge in [-0.3, -0.25) is 4.72 Å². The molecule has 0 atom stereocenters. The van der Waals surface area contributed by atoms with Gasteiger partial charge < -0.3 is 4.57 Å². The lowest BCUT2D eigenvalue weighted by Gasteiger charge is -2.17. The molecule has 1 heterocycles. The van der Waals surface area contributed by atoms with Crippen LogP contribution in [0.4, 0.5) is 5.69 Å². The molecule has 1 aliphatic rings. The molecule has 0 fully saturated rings. The second-order valence-corrected chi connectivity index (χ2v) is 10.4. The Bertz CT molecular complexity index is 1410. The molecule has 1 aliphatic carbocycles. The zero-order valence-electron chi connectivity index (χ0n) is 18.9. The minimum absolute atomic E-state index is 0.338. The van der Waals surface area contributed by atoms with E-state index in [1.807, 2.05) is 48.5 Å². The molecular weight excluding hydrogens is 430 g/mol. The molecule has 0 spiro atoms. The van der Waals surface area contributed by atoms with Crippen LogP contribution >= 0.6 is 0 Å². The molecule has 0 saturated heterocycles. The van der Waals surface area contributed by atoms with Gasteiger partial charge in [-0.25, -0.2) is 13.4 Å². The van der Waals surface area contributed by atoms with Gasteiger partial charge in [0.15, 0.2) is 0 Å². The smallest absolute Gasteiger partial charge is 0.261 e. The fourth-order valence-electron chi connectivity index (χ4n) is 4.81. The number of anilines is 1. The third-order valence-corrected chi connectivity index (χ3v) is 7.88. The van der Waals surface area contributed by atoms with Crippen molar-refractivity contribution < 1.29 is 8.42 Å². The zero-order valence-corrected chi connectivity index (χ0v) is 19.7. The van der Waals surface area contributed by atoms with Gasteiger partial charge in [0.1, 0.15) is 5.82 Å². The van der Waals surface area contributed by atoms with Gasteiger partial charge in [-0.2, -0.15) is 0 Å². The van der Waals surface area contributed by atoms with E-state index in [1.165, 1.54) is 12.0 Å². The fraction of sp³-hybridized carbons (Fsp3) is 0.296. The first-order valence-electron chi connectivity index (χ1n) is 11.7. The molecule has 0 saturated carbocycles. The molecule has 0 unspecified atom stereocenters. The van der Waals surface area contributed by atoms with Crippen LogP contribution in [0.3, 0.4) is 0 Å². The van der Waals surface area contributed by atoms with E-state index in [9.17, 15) is 8.42 Å².